The molecule has 6 heteroatoms. The highest BCUT2D eigenvalue weighted by atomic mass is 16.4. The number of carbonyl (C=O) groups is 1. The maximum Gasteiger partial charge on any atom is 0.341 e. The first-order valence-electron chi connectivity index (χ1n) is 6.59. The van der Waals surface area contributed by atoms with E-state index in [1.54, 1.807) is 18.7 Å². The summed E-state index contributed by atoms with van der Waals surface area (Å²) in [6.45, 7) is 7.59. The molecule has 1 aromatic heterocycles. The SMILES string of the molecule is CCC(C)N(C)CCNc1c(C(=O)O)c(C)nn1C. The van der Waals surface area contributed by atoms with Gasteiger partial charge in [0.1, 0.15) is 11.4 Å². The van der Waals surface area contributed by atoms with E-state index in [1.165, 1.54) is 0 Å². The number of carboxylic acid groups (broad SMARTS) is 1. The highest BCUT2D eigenvalue weighted by Crippen LogP contribution is 2.18. The number of hydrogen-bond acceptors (Lipinski definition) is 4. The molecule has 0 radical (unpaired) electrons. The summed E-state index contributed by atoms with van der Waals surface area (Å²) in [5.41, 5.74) is 0.793. The molecule has 6 nitrogen and oxygen atoms in total. The maximum absolute atomic E-state index is 11.2. The number of carboxylic acids is 1. The molecular weight excluding hydrogens is 244 g/mol. The van der Waals surface area contributed by atoms with Crippen LogP contribution in [0.4, 0.5) is 5.82 Å². The van der Waals surface area contributed by atoms with Gasteiger partial charge in [-0.25, -0.2) is 4.79 Å². The number of aryl methyl sites for hydroxylation is 2. The zero-order valence-electron chi connectivity index (χ0n) is 12.4. The molecule has 0 saturated carbocycles. The van der Waals surface area contributed by atoms with E-state index in [2.05, 4.69) is 36.2 Å². The van der Waals surface area contributed by atoms with Gasteiger partial charge in [0.2, 0.25) is 0 Å². The fourth-order valence-electron chi connectivity index (χ4n) is 2.00. The number of nitrogens with zero attached hydrogens (tertiary/aromatic N) is 3. The Hall–Kier alpha value is -1.56. The standard InChI is InChI=1S/C13H24N4O2/c1-6-9(2)16(4)8-7-14-12-11(13(18)19)10(3)15-17(12)5/h9,14H,6-8H2,1-5H3,(H,18,19). The van der Waals surface area contributed by atoms with Crippen LogP contribution in [0.5, 0.6) is 0 Å². The molecule has 0 aliphatic heterocycles. The Labute approximate surface area is 114 Å². The minimum Gasteiger partial charge on any atom is -0.477 e. The highest BCUT2D eigenvalue weighted by Gasteiger charge is 2.19. The molecule has 2 N–H and O–H groups in total. The number of hydrogen-bond donors (Lipinski definition) is 2. The van der Waals surface area contributed by atoms with E-state index in [0.29, 0.717) is 24.1 Å². The smallest absolute Gasteiger partial charge is 0.341 e. The van der Waals surface area contributed by atoms with Gasteiger partial charge in [0, 0.05) is 26.2 Å². The lowest BCUT2D eigenvalue weighted by Gasteiger charge is -2.23. The van der Waals surface area contributed by atoms with Gasteiger partial charge in [-0.05, 0) is 27.3 Å². The van der Waals surface area contributed by atoms with Crippen molar-refractivity contribution in [1.82, 2.24) is 14.7 Å². The monoisotopic (exact) mass is 268 g/mol. The van der Waals surface area contributed by atoms with E-state index in [1.807, 2.05) is 0 Å². The lowest BCUT2D eigenvalue weighted by Crippen LogP contribution is -2.33. The van der Waals surface area contributed by atoms with E-state index in [4.69, 9.17) is 0 Å². The first-order valence-corrected chi connectivity index (χ1v) is 6.59. The Morgan fingerprint density at radius 2 is 2.21 bits per heavy atom. The Balaban J connectivity index is 2.66. The van der Waals surface area contributed by atoms with Crippen molar-refractivity contribution in [3.8, 4) is 0 Å². The summed E-state index contributed by atoms with van der Waals surface area (Å²) in [6.07, 6.45) is 1.10. The molecule has 1 heterocycles. The topological polar surface area (TPSA) is 70.4 Å². The van der Waals surface area contributed by atoms with Gasteiger partial charge in [0.15, 0.2) is 0 Å². The highest BCUT2D eigenvalue weighted by molar-refractivity contribution is 5.94. The Bertz CT molecular complexity index is 442. The van der Waals surface area contributed by atoms with Crippen molar-refractivity contribution in [2.45, 2.75) is 33.2 Å². The average molecular weight is 268 g/mol. The molecule has 1 aromatic rings. The largest absolute Gasteiger partial charge is 0.477 e. The van der Waals surface area contributed by atoms with Gasteiger partial charge in [-0.2, -0.15) is 5.10 Å². The molecule has 108 valence electrons. The summed E-state index contributed by atoms with van der Waals surface area (Å²) in [4.78, 5) is 13.5. The molecule has 0 fully saturated rings. The van der Waals surface area contributed by atoms with Crippen LogP contribution >= 0.6 is 0 Å². The second-order valence-electron chi connectivity index (χ2n) is 4.90. The lowest BCUT2D eigenvalue weighted by molar-refractivity contribution is 0.0697. The zero-order valence-corrected chi connectivity index (χ0v) is 12.4. The maximum atomic E-state index is 11.2. The molecule has 0 aliphatic carbocycles. The number of rotatable bonds is 7. The van der Waals surface area contributed by atoms with E-state index in [-0.39, 0.29) is 5.56 Å². The first-order chi connectivity index (χ1) is 8.88. The minimum atomic E-state index is -0.941. The van der Waals surface area contributed by atoms with Crippen LogP contribution in [0.3, 0.4) is 0 Å². The van der Waals surface area contributed by atoms with Crippen molar-refractivity contribution < 1.29 is 9.90 Å². The van der Waals surface area contributed by atoms with E-state index >= 15 is 0 Å². The van der Waals surface area contributed by atoms with Crippen molar-refractivity contribution in [1.29, 1.82) is 0 Å². The van der Waals surface area contributed by atoms with Crippen molar-refractivity contribution in [3.05, 3.63) is 11.3 Å². The van der Waals surface area contributed by atoms with Crippen molar-refractivity contribution in [2.75, 3.05) is 25.5 Å². The van der Waals surface area contributed by atoms with Crippen LogP contribution in [-0.4, -0.2) is 51.9 Å². The van der Waals surface area contributed by atoms with Crippen LogP contribution in [0.15, 0.2) is 0 Å². The fraction of sp³-hybridized carbons (Fsp3) is 0.692. The third-order valence-corrected chi connectivity index (χ3v) is 3.54. The van der Waals surface area contributed by atoms with E-state index < -0.39 is 5.97 Å². The predicted molar refractivity (Wildman–Crippen MR) is 75.8 cm³/mol. The predicted octanol–water partition coefficient (Wildman–Crippen LogP) is 1.57. The van der Waals surface area contributed by atoms with E-state index in [0.717, 1.165) is 13.0 Å². The third-order valence-electron chi connectivity index (χ3n) is 3.54. The minimum absolute atomic E-state index is 0.258. The lowest BCUT2D eigenvalue weighted by atomic mass is 10.2. The molecule has 0 amide bonds. The molecule has 1 rings (SSSR count). The normalized spacial score (nSPS) is 12.7. The average Bonchev–Trinajstić information content (AvgIpc) is 2.62. The van der Waals surface area contributed by atoms with Gasteiger partial charge >= 0.3 is 5.97 Å². The molecule has 1 atom stereocenters. The summed E-state index contributed by atoms with van der Waals surface area (Å²) in [5, 5.41) is 16.5. The molecule has 0 saturated heterocycles. The Kier molecular flexibility index (Phi) is 5.35. The third kappa shape index (κ3) is 3.70. The van der Waals surface area contributed by atoms with Crippen LogP contribution in [0, 0.1) is 6.92 Å². The molecule has 0 bridgehead atoms. The zero-order chi connectivity index (χ0) is 14.6. The van der Waals surface area contributed by atoms with Gasteiger partial charge in [-0.15, -0.1) is 0 Å². The molecule has 0 aliphatic rings. The summed E-state index contributed by atoms with van der Waals surface area (Å²) < 4.78 is 1.59. The number of likely N-dealkylation sites (N-methyl/N-ethyl adjacent to an activating group) is 1. The van der Waals surface area contributed by atoms with Crippen LogP contribution in [0.25, 0.3) is 0 Å². The van der Waals surface area contributed by atoms with Gasteiger partial charge in [-0.3, -0.25) is 4.68 Å². The van der Waals surface area contributed by atoms with Crippen LogP contribution in [-0.2, 0) is 7.05 Å². The summed E-state index contributed by atoms with van der Waals surface area (Å²) in [5.74, 6) is -0.370. The first kappa shape index (κ1) is 15.5. The second kappa shape index (κ2) is 6.56. The Morgan fingerprint density at radius 1 is 1.58 bits per heavy atom. The van der Waals surface area contributed by atoms with Gasteiger partial charge in [-0.1, -0.05) is 6.92 Å². The number of aromatic nitrogens is 2. The van der Waals surface area contributed by atoms with Gasteiger partial charge < -0.3 is 15.3 Å². The van der Waals surface area contributed by atoms with Crippen molar-refractivity contribution in [2.24, 2.45) is 7.05 Å². The fourth-order valence-corrected chi connectivity index (χ4v) is 2.00. The molecule has 19 heavy (non-hydrogen) atoms. The summed E-state index contributed by atoms with van der Waals surface area (Å²) >= 11 is 0. The van der Waals surface area contributed by atoms with Crippen LogP contribution in [0.2, 0.25) is 0 Å². The number of nitrogens with one attached hydrogen (secondary N) is 1. The molecule has 0 aromatic carbocycles. The van der Waals surface area contributed by atoms with Gasteiger partial charge in [0.05, 0.1) is 5.69 Å². The van der Waals surface area contributed by atoms with Crippen molar-refractivity contribution >= 4 is 11.8 Å². The van der Waals surface area contributed by atoms with Crippen LogP contribution < -0.4 is 5.32 Å². The summed E-state index contributed by atoms with van der Waals surface area (Å²) in [7, 11) is 3.82. The van der Waals surface area contributed by atoms with E-state index in [9.17, 15) is 9.90 Å². The molecule has 1 unspecified atom stereocenters. The van der Waals surface area contributed by atoms with Crippen molar-refractivity contribution in [3.63, 3.8) is 0 Å². The summed E-state index contributed by atoms with van der Waals surface area (Å²) in [6, 6.07) is 0.522. The number of aromatic carboxylic acids is 1. The molecular formula is C13H24N4O2. The quantitative estimate of drug-likeness (QED) is 0.785. The van der Waals surface area contributed by atoms with Crippen LogP contribution in [0.1, 0.15) is 36.3 Å². The van der Waals surface area contributed by atoms with Gasteiger partial charge in [0.25, 0.3) is 0 Å². The second-order valence-corrected chi connectivity index (χ2v) is 4.90. The molecule has 0 spiro atoms. The number of anilines is 1. The Morgan fingerprint density at radius 3 is 2.74 bits per heavy atom.